The van der Waals surface area contributed by atoms with Gasteiger partial charge in [0.25, 0.3) is 0 Å². The fraction of sp³-hybridized carbons (Fsp3) is 0.304. The molecule has 0 saturated heterocycles. The van der Waals surface area contributed by atoms with Crippen molar-refractivity contribution in [2.45, 2.75) is 27.4 Å². The summed E-state index contributed by atoms with van der Waals surface area (Å²) in [6.07, 6.45) is 1.57. The number of carboxylic acid groups (broad SMARTS) is 1. The molecular formula is C23H27NO5. The zero-order valence-corrected chi connectivity index (χ0v) is 17.1. The Kier molecular flexibility index (Phi) is 8.27. The number of likely N-dealkylation sites (N-methyl/N-ethyl adjacent to an activating group) is 1. The summed E-state index contributed by atoms with van der Waals surface area (Å²) in [5.74, 6) is -0.229. The molecule has 1 N–H and O–H groups in total. The summed E-state index contributed by atoms with van der Waals surface area (Å²) in [7, 11) is 0. The maximum absolute atomic E-state index is 12.4. The van der Waals surface area contributed by atoms with Gasteiger partial charge in [0.05, 0.1) is 0 Å². The second-order valence-corrected chi connectivity index (χ2v) is 6.49. The molecule has 0 spiro atoms. The molecule has 0 bridgehead atoms. The molecule has 0 fully saturated rings. The van der Waals surface area contributed by atoms with Crippen molar-refractivity contribution in [2.75, 3.05) is 19.7 Å². The molecule has 6 nitrogen and oxygen atoms in total. The van der Waals surface area contributed by atoms with E-state index >= 15 is 0 Å². The minimum Gasteiger partial charge on any atom is -0.489 e. The molecule has 0 atom stereocenters. The maximum atomic E-state index is 12.4. The number of amides is 1. The Morgan fingerprint density at radius 2 is 1.62 bits per heavy atom. The van der Waals surface area contributed by atoms with Crippen molar-refractivity contribution in [3.63, 3.8) is 0 Å². The minimum atomic E-state index is -1.06. The SMILES string of the molecule is CCN(CC)C(=O)C=C(C)c1cc(OCC(=O)O)cc(OCc2ccccc2)c1. The van der Waals surface area contributed by atoms with Crippen LogP contribution in [0.25, 0.3) is 5.57 Å². The van der Waals surface area contributed by atoms with Gasteiger partial charge in [0.1, 0.15) is 18.1 Å². The highest BCUT2D eigenvalue weighted by atomic mass is 16.5. The molecule has 0 saturated carbocycles. The summed E-state index contributed by atoms with van der Waals surface area (Å²) in [6.45, 7) is 6.87. The van der Waals surface area contributed by atoms with E-state index in [0.717, 1.165) is 16.7 Å². The predicted octanol–water partition coefficient (Wildman–Crippen LogP) is 4.00. The van der Waals surface area contributed by atoms with Crippen LogP contribution < -0.4 is 9.47 Å². The summed E-state index contributed by atoms with van der Waals surface area (Å²) in [4.78, 5) is 25.0. The monoisotopic (exact) mass is 397 g/mol. The number of allylic oxidation sites excluding steroid dienone is 1. The second kappa shape index (κ2) is 10.9. The van der Waals surface area contributed by atoms with Gasteiger partial charge >= 0.3 is 5.97 Å². The first-order chi connectivity index (χ1) is 13.9. The molecule has 0 heterocycles. The number of rotatable bonds is 10. The summed E-state index contributed by atoms with van der Waals surface area (Å²) in [6, 6.07) is 14.9. The van der Waals surface area contributed by atoms with Gasteiger partial charge in [-0.15, -0.1) is 0 Å². The quantitative estimate of drug-likeness (QED) is 0.613. The predicted molar refractivity (Wildman–Crippen MR) is 112 cm³/mol. The highest BCUT2D eigenvalue weighted by molar-refractivity contribution is 5.95. The smallest absolute Gasteiger partial charge is 0.341 e. The van der Waals surface area contributed by atoms with Crippen LogP contribution in [0.15, 0.2) is 54.6 Å². The van der Waals surface area contributed by atoms with Gasteiger partial charge in [-0.2, -0.15) is 0 Å². The lowest BCUT2D eigenvalue weighted by molar-refractivity contribution is -0.139. The zero-order valence-electron chi connectivity index (χ0n) is 17.1. The number of nitrogens with zero attached hydrogens (tertiary/aromatic N) is 1. The third-order valence-corrected chi connectivity index (χ3v) is 4.36. The van der Waals surface area contributed by atoms with E-state index in [1.807, 2.05) is 57.2 Å². The van der Waals surface area contributed by atoms with Gasteiger partial charge in [-0.05, 0) is 49.6 Å². The Bertz CT molecular complexity index is 857. The largest absolute Gasteiger partial charge is 0.489 e. The minimum absolute atomic E-state index is 0.0730. The third kappa shape index (κ3) is 6.99. The van der Waals surface area contributed by atoms with Gasteiger partial charge in [-0.3, -0.25) is 4.79 Å². The fourth-order valence-corrected chi connectivity index (χ4v) is 2.75. The van der Waals surface area contributed by atoms with Crippen molar-refractivity contribution >= 4 is 17.4 Å². The van der Waals surface area contributed by atoms with Crippen molar-refractivity contribution in [2.24, 2.45) is 0 Å². The van der Waals surface area contributed by atoms with Crippen molar-refractivity contribution in [3.05, 3.63) is 65.7 Å². The van der Waals surface area contributed by atoms with Crippen LogP contribution in [0.2, 0.25) is 0 Å². The van der Waals surface area contributed by atoms with E-state index in [2.05, 4.69) is 0 Å². The first kappa shape index (κ1) is 22.0. The van der Waals surface area contributed by atoms with Crippen molar-refractivity contribution in [3.8, 4) is 11.5 Å². The maximum Gasteiger partial charge on any atom is 0.341 e. The molecule has 2 aromatic carbocycles. The fourth-order valence-electron chi connectivity index (χ4n) is 2.75. The van der Waals surface area contributed by atoms with Crippen LogP contribution in [0.5, 0.6) is 11.5 Å². The van der Waals surface area contributed by atoms with E-state index in [9.17, 15) is 9.59 Å². The number of benzene rings is 2. The van der Waals surface area contributed by atoms with Gasteiger partial charge in [0, 0.05) is 25.2 Å². The number of carbonyl (C=O) groups excluding carboxylic acids is 1. The lowest BCUT2D eigenvalue weighted by atomic mass is 10.1. The van der Waals surface area contributed by atoms with Gasteiger partial charge < -0.3 is 19.5 Å². The molecule has 2 aromatic rings. The van der Waals surface area contributed by atoms with Crippen LogP contribution in [0, 0.1) is 0 Å². The van der Waals surface area contributed by atoms with Gasteiger partial charge in [0.2, 0.25) is 5.91 Å². The number of carboxylic acids is 1. The summed E-state index contributed by atoms with van der Waals surface area (Å²) in [5, 5.41) is 8.89. The Morgan fingerprint density at radius 1 is 1.00 bits per heavy atom. The molecule has 0 aromatic heterocycles. The average Bonchev–Trinajstić information content (AvgIpc) is 2.72. The van der Waals surface area contributed by atoms with E-state index in [1.54, 1.807) is 23.1 Å². The van der Waals surface area contributed by atoms with E-state index in [-0.39, 0.29) is 5.91 Å². The van der Waals surface area contributed by atoms with Crippen LogP contribution >= 0.6 is 0 Å². The van der Waals surface area contributed by atoms with Gasteiger partial charge in [-0.25, -0.2) is 4.79 Å². The highest BCUT2D eigenvalue weighted by Crippen LogP contribution is 2.28. The van der Waals surface area contributed by atoms with Crippen LogP contribution in [-0.4, -0.2) is 41.6 Å². The zero-order chi connectivity index (χ0) is 21.2. The van der Waals surface area contributed by atoms with E-state index in [4.69, 9.17) is 14.6 Å². The molecule has 29 heavy (non-hydrogen) atoms. The van der Waals surface area contributed by atoms with E-state index in [1.165, 1.54) is 0 Å². The Hall–Kier alpha value is -3.28. The molecule has 0 radical (unpaired) electrons. The van der Waals surface area contributed by atoms with Crippen LogP contribution in [-0.2, 0) is 16.2 Å². The Labute approximate surface area is 171 Å². The summed E-state index contributed by atoms with van der Waals surface area (Å²) < 4.78 is 11.2. The van der Waals surface area contributed by atoms with Crippen molar-refractivity contribution in [1.29, 1.82) is 0 Å². The number of aliphatic carboxylic acids is 1. The summed E-state index contributed by atoms with van der Waals surface area (Å²) >= 11 is 0. The number of carbonyl (C=O) groups is 2. The first-order valence-corrected chi connectivity index (χ1v) is 9.56. The normalized spacial score (nSPS) is 11.1. The van der Waals surface area contributed by atoms with E-state index in [0.29, 0.717) is 31.2 Å². The van der Waals surface area contributed by atoms with Crippen molar-refractivity contribution < 1.29 is 24.2 Å². The van der Waals surface area contributed by atoms with E-state index < -0.39 is 12.6 Å². The molecule has 0 aliphatic heterocycles. The molecule has 1 amide bonds. The summed E-state index contributed by atoms with van der Waals surface area (Å²) in [5.41, 5.74) is 2.48. The van der Waals surface area contributed by atoms with Gasteiger partial charge in [0.15, 0.2) is 6.61 Å². The van der Waals surface area contributed by atoms with Gasteiger partial charge in [-0.1, -0.05) is 30.3 Å². The second-order valence-electron chi connectivity index (χ2n) is 6.49. The van der Waals surface area contributed by atoms with Crippen LogP contribution in [0.4, 0.5) is 0 Å². The van der Waals surface area contributed by atoms with Crippen molar-refractivity contribution in [1.82, 2.24) is 4.90 Å². The lowest BCUT2D eigenvalue weighted by Crippen LogP contribution is -2.28. The molecule has 2 rings (SSSR count). The lowest BCUT2D eigenvalue weighted by Gasteiger charge is -2.17. The highest BCUT2D eigenvalue weighted by Gasteiger charge is 2.11. The molecule has 6 heteroatoms. The topological polar surface area (TPSA) is 76.1 Å². The number of hydrogen-bond acceptors (Lipinski definition) is 4. The number of ether oxygens (including phenoxy) is 2. The van der Waals surface area contributed by atoms with Crippen LogP contribution in [0.3, 0.4) is 0 Å². The molecule has 0 aliphatic rings. The van der Waals surface area contributed by atoms with Crippen LogP contribution in [0.1, 0.15) is 31.9 Å². The Morgan fingerprint density at radius 3 is 2.21 bits per heavy atom. The average molecular weight is 397 g/mol. The third-order valence-electron chi connectivity index (χ3n) is 4.36. The standard InChI is InChI=1S/C23H27NO5/c1-4-24(5-2)22(25)11-17(3)19-12-20(14-21(13-19)29-16-23(26)27)28-15-18-9-7-6-8-10-18/h6-14H,4-5,15-16H2,1-3H3,(H,26,27). The molecule has 154 valence electrons. The molecular weight excluding hydrogens is 370 g/mol. The first-order valence-electron chi connectivity index (χ1n) is 9.56. The number of hydrogen-bond donors (Lipinski definition) is 1. The Balaban J connectivity index is 2.27. The molecule has 0 unspecified atom stereocenters. The molecule has 0 aliphatic carbocycles.